The monoisotopic (exact) mass is 326 g/mol. The van der Waals surface area contributed by atoms with Gasteiger partial charge in [0.15, 0.2) is 0 Å². The topological polar surface area (TPSA) is 56.3 Å². The molecule has 0 unspecified atom stereocenters. The molecule has 0 atom stereocenters. The number of rotatable bonds is 5. The van der Waals surface area contributed by atoms with E-state index in [4.69, 9.17) is 4.74 Å². The molecule has 7 heteroatoms. The van der Waals surface area contributed by atoms with Crippen LogP contribution in [0.25, 0.3) is 0 Å². The third kappa shape index (κ3) is 5.35. The van der Waals surface area contributed by atoms with Gasteiger partial charge in [0.05, 0.1) is 6.61 Å². The van der Waals surface area contributed by atoms with E-state index in [9.17, 15) is 9.59 Å². The van der Waals surface area contributed by atoms with Crippen molar-refractivity contribution in [3.8, 4) is 0 Å². The Labute approximate surface area is 139 Å². The smallest absolute Gasteiger partial charge is 0.409 e. The first kappa shape index (κ1) is 18.0. The molecule has 0 radical (unpaired) electrons. The SMILES string of the molecule is CCOC(=O)N1CCN(C(=O)CCN2CCN(CC)CC2)CC1. The zero-order valence-corrected chi connectivity index (χ0v) is 14.5. The van der Waals surface area contributed by atoms with E-state index in [-0.39, 0.29) is 12.0 Å². The van der Waals surface area contributed by atoms with Crippen molar-refractivity contribution in [2.24, 2.45) is 0 Å². The maximum Gasteiger partial charge on any atom is 0.409 e. The number of carbonyl (C=O) groups excluding carboxylic acids is 2. The van der Waals surface area contributed by atoms with Crippen molar-refractivity contribution in [2.75, 3.05) is 72.1 Å². The normalized spacial score (nSPS) is 20.6. The van der Waals surface area contributed by atoms with Crippen LogP contribution in [0.5, 0.6) is 0 Å². The molecule has 2 amide bonds. The van der Waals surface area contributed by atoms with Crippen LogP contribution in [-0.2, 0) is 9.53 Å². The Balaban J connectivity index is 1.64. The number of hydrogen-bond donors (Lipinski definition) is 0. The van der Waals surface area contributed by atoms with Crippen LogP contribution in [0.3, 0.4) is 0 Å². The Hall–Kier alpha value is -1.34. The largest absolute Gasteiger partial charge is 0.450 e. The fraction of sp³-hybridized carbons (Fsp3) is 0.875. The van der Waals surface area contributed by atoms with Crippen molar-refractivity contribution in [1.29, 1.82) is 0 Å². The second kappa shape index (κ2) is 9.08. The highest BCUT2D eigenvalue weighted by atomic mass is 16.6. The molecule has 2 fully saturated rings. The minimum absolute atomic E-state index is 0.200. The number of likely N-dealkylation sites (N-methyl/N-ethyl adjacent to an activating group) is 1. The highest BCUT2D eigenvalue weighted by molar-refractivity contribution is 5.77. The van der Waals surface area contributed by atoms with Gasteiger partial charge in [0.2, 0.25) is 5.91 Å². The summed E-state index contributed by atoms with van der Waals surface area (Å²) in [6.45, 7) is 13.0. The van der Waals surface area contributed by atoms with Gasteiger partial charge in [0, 0.05) is 65.3 Å². The minimum Gasteiger partial charge on any atom is -0.450 e. The van der Waals surface area contributed by atoms with Crippen LogP contribution in [0.15, 0.2) is 0 Å². The zero-order valence-electron chi connectivity index (χ0n) is 14.5. The van der Waals surface area contributed by atoms with Crippen molar-refractivity contribution >= 4 is 12.0 Å². The van der Waals surface area contributed by atoms with E-state index in [0.717, 1.165) is 39.3 Å². The highest BCUT2D eigenvalue weighted by Crippen LogP contribution is 2.07. The van der Waals surface area contributed by atoms with Crippen molar-refractivity contribution in [1.82, 2.24) is 19.6 Å². The van der Waals surface area contributed by atoms with E-state index in [1.165, 1.54) is 0 Å². The maximum absolute atomic E-state index is 12.3. The fourth-order valence-corrected chi connectivity index (χ4v) is 3.09. The molecule has 0 spiro atoms. The third-order valence-corrected chi connectivity index (χ3v) is 4.71. The summed E-state index contributed by atoms with van der Waals surface area (Å²) in [6, 6.07) is 0. The fourth-order valence-electron chi connectivity index (χ4n) is 3.09. The van der Waals surface area contributed by atoms with Crippen molar-refractivity contribution in [2.45, 2.75) is 20.3 Å². The molecule has 23 heavy (non-hydrogen) atoms. The van der Waals surface area contributed by atoms with Gasteiger partial charge in [0.25, 0.3) is 0 Å². The lowest BCUT2D eigenvalue weighted by Gasteiger charge is -2.36. The van der Waals surface area contributed by atoms with Crippen LogP contribution < -0.4 is 0 Å². The number of ether oxygens (including phenoxy) is 1. The molecule has 2 rings (SSSR count). The zero-order chi connectivity index (χ0) is 16.7. The minimum atomic E-state index is -0.270. The van der Waals surface area contributed by atoms with Gasteiger partial charge in [0.1, 0.15) is 0 Å². The van der Waals surface area contributed by atoms with E-state index in [0.29, 0.717) is 39.2 Å². The summed E-state index contributed by atoms with van der Waals surface area (Å²) in [5, 5.41) is 0. The van der Waals surface area contributed by atoms with Crippen LogP contribution >= 0.6 is 0 Å². The first-order valence-electron chi connectivity index (χ1n) is 8.78. The van der Waals surface area contributed by atoms with Crippen molar-refractivity contribution < 1.29 is 14.3 Å². The molecular formula is C16H30N4O3. The van der Waals surface area contributed by atoms with Gasteiger partial charge in [-0.15, -0.1) is 0 Å². The number of hydrogen-bond acceptors (Lipinski definition) is 5. The molecule has 132 valence electrons. The summed E-state index contributed by atoms with van der Waals surface area (Å²) in [4.78, 5) is 32.3. The molecule has 2 aliphatic heterocycles. The van der Waals surface area contributed by atoms with Crippen molar-refractivity contribution in [3.63, 3.8) is 0 Å². The van der Waals surface area contributed by atoms with Gasteiger partial charge < -0.3 is 24.3 Å². The first-order chi connectivity index (χ1) is 11.1. The number of amides is 2. The molecule has 0 N–H and O–H groups in total. The molecule has 0 aromatic rings. The standard InChI is InChI=1S/C16H30N4O3/c1-3-17-7-9-18(10-8-17)6-5-15(21)19-11-13-20(14-12-19)16(22)23-4-2/h3-14H2,1-2H3. The predicted octanol–water partition coefficient (Wildman–Crippen LogP) is 0.315. The maximum atomic E-state index is 12.3. The van der Waals surface area contributed by atoms with Crippen LogP contribution in [-0.4, -0.2) is 104 Å². The lowest BCUT2D eigenvalue weighted by atomic mass is 10.2. The molecule has 2 saturated heterocycles. The molecule has 2 aliphatic rings. The Kier molecular flexibility index (Phi) is 7.11. The van der Waals surface area contributed by atoms with Gasteiger partial charge in [-0.1, -0.05) is 6.92 Å². The van der Waals surface area contributed by atoms with Crippen LogP contribution in [0.2, 0.25) is 0 Å². The molecule has 0 saturated carbocycles. The van der Waals surface area contributed by atoms with E-state index < -0.39 is 0 Å². The summed E-state index contributed by atoms with van der Waals surface area (Å²) >= 11 is 0. The van der Waals surface area contributed by atoms with Gasteiger partial charge >= 0.3 is 6.09 Å². The van der Waals surface area contributed by atoms with Crippen LogP contribution in [0.1, 0.15) is 20.3 Å². The molecule has 7 nitrogen and oxygen atoms in total. The summed E-state index contributed by atoms with van der Waals surface area (Å²) in [5.74, 6) is 0.200. The molecule has 0 bridgehead atoms. The summed E-state index contributed by atoms with van der Waals surface area (Å²) < 4.78 is 4.99. The van der Waals surface area contributed by atoms with E-state index in [1.807, 2.05) is 4.90 Å². The summed E-state index contributed by atoms with van der Waals surface area (Å²) in [7, 11) is 0. The third-order valence-electron chi connectivity index (χ3n) is 4.71. The average molecular weight is 326 g/mol. The lowest BCUT2D eigenvalue weighted by Crippen LogP contribution is -2.51. The quantitative estimate of drug-likeness (QED) is 0.728. The molecule has 0 aromatic carbocycles. The summed E-state index contributed by atoms with van der Waals surface area (Å²) in [6.07, 6.45) is 0.305. The van der Waals surface area contributed by atoms with Gasteiger partial charge in [-0.05, 0) is 13.5 Å². The highest BCUT2D eigenvalue weighted by Gasteiger charge is 2.25. The summed E-state index contributed by atoms with van der Waals surface area (Å²) in [5.41, 5.74) is 0. The van der Waals surface area contributed by atoms with Gasteiger partial charge in [-0.25, -0.2) is 4.79 Å². The number of piperazine rings is 2. The number of nitrogens with zero attached hydrogens (tertiary/aromatic N) is 4. The number of carbonyl (C=O) groups is 2. The Morgan fingerprint density at radius 2 is 1.39 bits per heavy atom. The molecule has 2 heterocycles. The van der Waals surface area contributed by atoms with E-state index >= 15 is 0 Å². The first-order valence-corrected chi connectivity index (χ1v) is 8.78. The van der Waals surface area contributed by atoms with Crippen LogP contribution in [0.4, 0.5) is 4.79 Å². The average Bonchev–Trinajstić information content (AvgIpc) is 2.60. The Morgan fingerprint density at radius 3 is 1.96 bits per heavy atom. The van der Waals surface area contributed by atoms with Gasteiger partial charge in [-0.3, -0.25) is 4.79 Å². The van der Waals surface area contributed by atoms with Crippen LogP contribution in [0, 0.1) is 0 Å². The molecular weight excluding hydrogens is 296 g/mol. The Morgan fingerprint density at radius 1 is 0.826 bits per heavy atom. The second-order valence-corrected chi connectivity index (χ2v) is 6.09. The lowest BCUT2D eigenvalue weighted by molar-refractivity contribution is -0.133. The van der Waals surface area contributed by atoms with E-state index in [2.05, 4.69) is 16.7 Å². The second-order valence-electron chi connectivity index (χ2n) is 6.09. The molecule has 0 aromatic heterocycles. The van der Waals surface area contributed by atoms with Gasteiger partial charge in [-0.2, -0.15) is 0 Å². The Bertz CT molecular complexity index is 389. The van der Waals surface area contributed by atoms with Crippen molar-refractivity contribution in [3.05, 3.63) is 0 Å². The van der Waals surface area contributed by atoms with E-state index in [1.54, 1.807) is 11.8 Å². The molecule has 0 aliphatic carbocycles. The predicted molar refractivity (Wildman–Crippen MR) is 88.3 cm³/mol.